The highest BCUT2D eigenvalue weighted by molar-refractivity contribution is 9.10. The van der Waals surface area contributed by atoms with Crippen molar-refractivity contribution in [2.75, 3.05) is 20.2 Å². The van der Waals surface area contributed by atoms with Crippen LogP contribution in [0.1, 0.15) is 16.1 Å². The topological polar surface area (TPSA) is 80.6 Å². The van der Waals surface area contributed by atoms with E-state index in [1.807, 2.05) is 25.1 Å². The van der Waals surface area contributed by atoms with E-state index < -0.39 is 5.97 Å². The monoisotopic (exact) mass is 433 g/mol. The van der Waals surface area contributed by atoms with Crippen molar-refractivity contribution < 1.29 is 19.1 Å². The molecule has 0 spiro atoms. The number of likely N-dealkylation sites (tertiary alicyclic amines) is 1. The molecule has 2 aromatic rings. The van der Waals surface area contributed by atoms with Gasteiger partial charge in [0.1, 0.15) is 12.2 Å². The second-order valence-electron chi connectivity index (χ2n) is 6.42. The molecule has 0 unspecified atom stereocenters. The van der Waals surface area contributed by atoms with Crippen LogP contribution in [-0.4, -0.2) is 53.5 Å². The van der Waals surface area contributed by atoms with E-state index in [9.17, 15) is 14.4 Å². The summed E-state index contributed by atoms with van der Waals surface area (Å²) >= 11 is 3.43. The second kappa shape index (κ2) is 7.56. The van der Waals surface area contributed by atoms with Gasteiger partial charge in [-0.25, -0.2) is 4.79 Å². The largest absolute Gasteiger partial charge is 0.464 e. The number of fused-ring (bicyclic) bond motifs is 1. The molecule has 3 rings (SSSR count). The molecular weight excluding hydrogens is 414 g/mol. The standard InChI is InChI=1S/C19H20BrN3O4/c1-4-17(25)22-8-13(9-22)21-16(24)10-23-15-6-5-12(20)7-14(15)11(2)18(23)19(26)27-3/h4-7,13H,1,8-10H2,2-3H3,(H,21,24). The number of carbonyl (C=O) groups excluding carboxylic acids is 3. The molecule has 27 heavy (non-hydrogen) atoms. The van der Waals surface area contributed by atoms with Gasteiger partial charge in [0.15, 0.2) is 0 Å². The van der Waals surface area contributed by atoms with Gasteiger partial charge in [-0.2, -0.15) is 0 Å². The molecule has 1 aromatic carbocycles. The van der Waals surface area contributed by atoms with Crippen molar-refractivity contribution in [2.45, 2.75) is 19.5 Å². The number of hydrogen-bond donors (Lipinski definition) is 1. The predicted octanol–water partition coefficient (Wildman–Crippen LogP) is 2.01. The average molecular weight is 434 g/mol. The number of aryl methyl sites for hydroxylation is 1. The van der Waals surface area contributed by atoms with Crippen LogP contribution >= 0.6 is 15.9 Å². The zero-order valence-corrected chi connectivity index (χ0v) is 16.7. The van der Waals surface area contributed by atoms with Crippen LogP contribution in [-0.2, 0) is 20.9 Å². The summed E-state index contributed by atoms with van der Waals surface area (Å²) in [5.41, 5.74) is 1.90. The van der Waals surface area contributed by atoms with Gasteiger partial charge in [-0.15, -0.1) is 0 Å². The summed E-state index contributed by atoms with van der Waals surface area (Å²) in [5, 5.41) is 3.77. The van der Waals surface area contributed by atoms with Crippen molar-refractivity contribution in [1.29, 1.82) is 0 Å². The Morgan fingerprint density at radius 2 is 2.07 bits per heavy atom. The van der Waals surface area contributed by atoms with E-state index in [1.54, 1.807) is 9.47 Å². The van der Waals surface area contributed by atoms with Crippen molar-refractivity contribution in [1.82, 2.24) is 14.8 Å². The van der Waals surface area contributed by atoms with Gasteiger partial charge >= 0.3 is 5.97 Å². The molecule has 2 heterocycles. The molecule has 1 fully saturated rings. The van der Waals surface area contributed by atoms with Crippen LogP contribution in [0.25, 0.3) is 10.9 Å². The van der Waals surface area contributed by atoms with Crippen LogP contribution in [0.4, 0.5) is 0 Å². The fourth-order valence-corrected chi connectivity index (χ4v) is 3.68. The number of esters is 1. The number of amides is 2. The summed E-state index contributed by atoms with van der Waals surface area (Å²) in [7, 11) is 1.32. The van der Waals surface area contributed by atoms with Crippen molar-refractivity contribution >= 4 is 44.6 Å². The molecular formula is C19H20BrN3O4. The first kappa shape index (κ1) is 19.2. The Balaban J connectivity index is 1.82. The smallest absolute Gasteiger partial charge is 0.354 e. The lowest BCUT2D eigenvalue weighted by atomic mass is 10.1. The van der Waals surface area contributed by atoms with Crippen LogP contribution in [0.2, 0.25) is 0 Å². The number of halogens is 1. The van der Waals surface area contributed by atoms with Gasteiger partial charge in [-0.1, -0.05) is 22.5 Å². The third-order valence-corrected chi connectivity index (χ3v) is 5.19. The Bertz CT molecular complexity index is 944. The number of nitrogens with zero attached hydrogens (tertiary/aromatic N) is 2. The highest BCUT2D eigenvalue weighted by Crippen LogP contribution is 2.29. The summed E-state index contributed by atoms with van der Waals surface area (Å²) in [6.45, 7) is 6.18. The van der Waals surface area contributed by atoms with Crippen LogP contribution in [0.3, 0.4) is 0 Å². The molecule has 0 atom stereocenters. The fourth-order valence-electron chi connectivity index (χ4n) is 3.31. The summed E-state index contributed by atoms with van der Waals surface area (Å²) in [4.78, 5) is 37.9. The molecule has 0 radical (unpaired) electrons. The number of aromatic nitrogens is 1. The number of hydrogen-bond acceptors (Lipinski definition) is 4. The molecule has 142 valence electrons. The molecule has 8 heteroatoms. The van der Waals surface area contributed by atoms with Gasteiger partial charge in [0.2, 0.25) is 11.8 Å². The minimum Gasteiger partial charge on any atom is -0.464 e. The SMILES string of the molecule is C=CC(=O)N1CC(NC(=O)Cn2c(C(=O)OC)c(C)c3cc(Br)ccc32)C1. The van der Waals surface area contributed by atoms with Crippen molar-refractivity contribution in [3.8, 4) is 0 Å². The molecule has 1 saturated heterocycles. The summed E-state index contributed by atoms with van der Waals surface area (Å²) in [6.07, 6.45) is 1.26. The lowest BCUT2D eigenvalue weighted by molar-refractivity contribution is -0.133. The maximum atomic E-state index is 12.5. The maximum Gasteiger partial charge on any atom is 0.354 e. The van der Waals surface area contributed by atoms with Gasteiger partial charge < -0.3 is 19.5 Å². The number of carbonyl (C=O) groups is 3. The van der Waals surface area contributed by atoms with Crippen molar-refractivity contribution in [2.24, 2.45) is 0 Å². The molecule has 1 N–H and O–H groups in total. The molecule has 2 amide bonds. The van der Waals surface area contributed by atoms with E-state index in [4.69, 9.17) is 4.74 Å². The average Bonchev–Trinajstić information content (AvgIpc) is 2.88. The Morgan fingerprint density at radius 1 is 1.37 bits per heavy atom. The van der Waals surface area contributed by atoms with Crippen molar-refractivity contribution in [3.05, 3.63) is 46.6 Å². The Hall–Kier alpha value is -2.61. The third kappa shape index (κ3) is 3.62. The van der Waals surface area contributed by atoms with Crippen LogP contribution in [0.15, 0.2) is 35.3 Å². The van der Waals surface area contributed by atoms with Gasteiger partial charge in [0.05, 0.1) is 13.2 Å². The van der Waals surface area contributed by atoms with Crippen molar-refractivity contribution in [3.63, 3.8) is 0 Å². The number of ether oxygens (including phenoxy) is 1. The first-order valence-electron chi connectivity index (χ1n) is 8.43. The first-order valence-corrected chi connectivity index (χ1v) is 9.22. The Morgan fingerprint density at radius 3 is 2.70 bits per heavy atom. The molecule has 7 nitrogen and oxygen atoms in total. The summed E-state index contributed by atoms with van der Waals surface area (Å²) in [6, 6.07) is 5.54. The van der Waals surface area contributed by atoms with E-state index in [0.717, 1.165) is 20.9 Å². The highest BCUT2D eigenvalue weighted by atomic mass is 79.9. The zero-order chi connectivity index (χ0) is 19.7. The van der Waals surface area contributed by atoms with Crippen LogP contribution in [0.5, 0.6) is 0 Å². The molecule has 1 aromatic heterocycles. The van der Waals surface area contributed by atoms with E-state index in [1.165, 1.54) is 13.2 Å². The summed E-state index contributed by atoms with van der Waals surface area (Å²) in [5.74, 6) is -0.860. The van der Waals surface area contributed by atoms with E-state index >= 15 is 0 Å². The first-order chi connectivity index (χ1) is 12.8. The second-order valence-corrected chi connectivity index (χ2v) is 7.34. The number of rotatable bonds is 5. The van der Waals surface area contributed by atoms with Crippen LogP contribution in [0, 0.1) is 6.92 Å². The Labute approximate surface area is 165 Å². The quantitative estimate of drug-likeness (QED) is 0.577. The molecule has 1 aliphatic rings. The summed E-state index contributed by atoms with van der Waals surface area (Å²) < 4.78 is 7.47. The predicted molar refractivity (Wildman–Crippen MR) is 104 cm³/mol. The molecule has 1 aliphatic heterocycles. The fraction of sp³-hybridized carbons (Fsp3) is 0.316. The van der Waals surface area contributed by atoms with Gasteiger partial charge in [0, 0.05) is 28.5 Å². The molecule has 0 bridgehead atoms. The molecule has 0 aliphatic carbocycles. The zero-order valence-electron chi connectivity index (χ0n) is 15.1. The maximum absolute atomic E-state index is 12.5. The normalized spacial score (nSPS) is 14.0. The van der Waals surface area contributed by atoms with Gasteiger partial charge in [-0.05, 0) is 36.8 Å². The minimum atomic E-state index is -0.487. The number of benzene rings is 1. The Kier molecular flexibility index (Phi) is 5.36. The van der Waals surface area contributed by atoms with Gasteiger partial charge in [0.25, 0.3) is 0 Å². The lowest BCUT2D eigenvalue weighted by Crippen LogP contribution is -2.61. The molecule has 0 saturated carbocycles. The third-order valence-electron chi connectivity index (χ3n) is 4.69. The number of methoxy groups -OCH3 is 1. The van der Waals surface area contributed by atoms with Gasteiger partial charge in [-0.3, -0.25) is 9.59 Å². The van der Waals surface area contributed by atoms with E-state index in [0.29, 0.717) is 18.8 Å². The van der Waals surface area contributed by atoms with E-state index in [-0.39, 0.29) is 24.4 Å². The lowest BCUT2D eigenvalue weighted by Gasteiger charge is -2.38. The number of nitrogens with one attached hydrogen (secondary N) is 1. The van der Waals surface area contributed by atoms with Crippen LogP contribution < -0.4 is 5.32 Å². The minimum absolute atomic E-state index is 0.0116. The highest BCUT2D eigenvalue weighted by Gasteiger charge is 2.31. The van der Waals surface area contributed by atoms with E-state index in [2.05, 4.69) is 27.8 Å².